The molecule has 2 aromatic rings. The van der Waals surface area contributed by atoms with Crippen molar-refractivity contribution in [2.75, 3.05) is 0 Å². The topological polar surface area (TPSA) is 70.6 Å². The molecule has 0 aliphatic carbocycles. The van der Waals surface area contributed by atoms with E-state index in [0.29, 0.717) is 0 Å². The van der Waals surface area contributed by atoms with Crippen LogP contribution in [-0.2, 0) is 15.0 Å². The lowest BCUT2D eigenvalue weighted by molar-refractivity contribution is -0.139. The highest BCUT2D eigenvalue weighted by Crippen LogP contribution is 2.21. The third-order valence-electron chi connectivity index (χ3n) is 4.01. The van der Waals surface area contributed by atoms with Crippen molar-refractivity contribution in [2.45, 2.75) is 39.2 Å². The molecule has 0 radical (unpaired) electrons. The predicted octanol–water partition coefficient (Wildman–Crippen LogP) is 3.31. The molecule has 0 aromatic heterocycles. The summed E-state index contributed by atoms with van der Waals surface area (Å²) in [6.45, 7) is 8.25. The summed E-state index contributed by atoms with van der Waals surface area (Å²) in [6.07, 6.45) is 1.51. The number of rotatable bonds is 4. The van der Waals surface area contributed by atoms with Gasteiger partial charge in [-0.1, -0.05) is 75.4 Å². The van der Waals surface area contributed by atoms with Gasteiger partial charge in [0.1, 0.15) is 0 Å². The normalized spacial score (nSPS) is 12.6. The molecule has 2 N–H and O–H groups in total. The maximum atomic E-state index is 11.9. The number of hydrogen-bond donors (Lipinski definition) is 2. The Kier molecular flexibility index (Phi) is 6.28. The van der Waals surface area contributed by atoms with Gasteiger partial charge in [-0.05, 0) is 29.0 Å². The van der Waals surface area contributed by atoms with Gasteiger partial charge in [0.2, 0.25) is 0 Å². The summed E-state index contributed by atoms with van der Waals surface area (Å²) in [7, 11) is 0. The maximum absolute atomic E-state index is 11.9. The van der Waals surface area contributed by atoms with E-state index in [1.807, 2.05) is 61.5 Å². The fourth-order valence-electron chi connectivity index (χ4n) is 2.37. The zero-order valence-electron chi connectivity index (χ0n) is 15.6. The minimum atomic E-state index is -0.796. The molecule has 2 amide bonds. The first-order valence-electron chi connectivity index (χ1n) is 8.57. The van der Waals surface area contributed by atoms with E-state index in [-0.39, 0.29) is 11.5 Å². The van der Waals surface area contributed by atoms with Crippen LogP contribution in [-0.4, -0.2) is 18.0 Å². The molecule has 2 aromatic carbocycles. The third kappa shape index (κ3) is 5.55. The summed E-state index contributed by atoms with van der Waals surface area (Å²) >= 11 is 0. The average Bonchev–Trinajstić information content (AvgIpc) is 2.62. The molecule has 0 fully saturated rings. The van der Waals surface area contributed by atoms with E-state index in [9.17, 15) is 9.59 Å². The van der Waals surface area contributed by atoms with Crippen LogP contribution in [0, 0.1) is 0 Å². The third-order valence-corrected chi connectivity index (χ3v) is 4.01. The zero-order valence-corrected chi connectivity index (χ0v) is 15.6. The number of carbonyl (C=O) groups excluding carboxylic acids is 2. The molecule has 0 saturated heterocycles. The van der Waals surface area contributed by atoms with Crippen molar-refractivity contribution in [2.24, 2.45) is 5.10 Å². The van der Waals surface area contributed by atoms with Gasteiger partial charge in [0.05, 0.1) is 12.3 Å². The molecule has 5 heteroatoms. The number of nitrogens with one attached hydrogen (secondary N) is 2. The second-order valence-corrected chi connectivity index (χ2v) is 7.18. The maximum Gasteiger partial charge on any atom is 0.329 e. The van der Waals surface area contributed by atoms with Crippen LogP contribution in [0.2, 0.25) is 0 Å². The van der Waals surface area contributed by atoms with E-state index in [1.165, 1.54) is 11.8 Å². The molecular weight excluding hydrogens is 326 g/mol. The largest absolute Gasteiger partial charge is 0.341 e. The Morgan fingerprint density at radius 2 is 1.58 bits per heavy atom. The molecule has 0 aliphatic heterocycles. The van der Waals surface area contributed by atoms with E-state index in [2.05, 4.69) is 36.6 Å². The molecule has 5 nitrogen and oxygen atoms in total. The first-order chi connectivity index (χ1) is 12.3. The number of benzene rings is 2. The molecular formula is C21H25N3O2. The van der Waals surface area contributed by atoms with Gasteiger partial charge in [0.25, 0.3) is 0 Å². The number of hydrazone groups is 1. The highest BCUT2D eigenvalue weighted by molar-refractivity contribution is 6.35. The van der Waals surface area contributed by atoms with Crippen molar-refractivity contribution < 1.29 is 9.59 Å². The van der Waals surface area contributed by atoms with Crippen molar-refractivity contribution in [3.05, 3.63) is 71.3 Å². The fraction of sp³-hybridized carbons (Fsp3) is 0.286. The molecule has 26 heavy (non-hydrogen) atoms. The SMILES string of the molecule is C[C@@H](NC(=O)C(=O)N/N=C\c1ccc(C(C)(C)C)cc1)c1ccccc1. The summed E-state index contributed by atoms with van der Waals surface area (Å²) in [6, 6.07) is 17.1. The van der Waals surface area contributed by atoms with E-state index in [0.717, 1.165) is 11.1 Å². The molecule has 1 atom stereocenters. The van der Waals surface area contributed by atoms with Crippen molar-refractivity contribution in [3.63, 3.8) is 0 Å². The van der Waals surface area contributed by atoms with Gasteiger partial charge in [-0.2, -0.15) is 5.10 Å². The second-order valence-electron chi connectivity index (χ2n) is 7.18. The smallest absolute Gasteiger partial charge is 0.329 e. The number of nitrogens with zero attached hydrogens (tertiary/aromatic N) is 1. The van der Waals surface area contributed by atoms with Crippen LogP contribution in [0.3, 0.4) is 0 Å². The van der Waals surface area contributed by atoms with Crippen LogP contribution in [0.4, 0.5) is 0 Å². The Labute approximate surface area is 154 Å². The molecule has 0 unspecified atom stereocenters. The molecule has 0 spiro atoms. The summed E-state index contributed by atoms with van der Waals surface area (Å²) in [5.74, 6) is -1.52. The molecule has 136 valence electrons. The Morgan fingerprint density at radius 3 is 2.15 bits per heavy atom. The van der Waals surface area contributed by atoms with Crippen LogP contribution in [0.25, 0.3) is 0 Å². The van der Waals surface area contributed by atoms with E-state index in [1.54, 1.807) is 0 Å². The van der Waals surface area contributed by atoms with Crippen molar-refractivity contribution >= 4 is 18.0 Å². The second kappa shape index (κ2) is 8.43. The van der Waals surface area contributed by atoms with Gasteiger partial charge in [-0.3, -0.25) is 9.59 Å². The van der Waals surface area contributed by atoms with Crippen molar-refractivity contribution in [3.8, 4) is 0 Å². The summed E-state index contributed by atoms with van der Waals surface area (Å²) in [4.78, 5) is 23.8. The monoisotopic (exact) mass is 351 g/mol. The minimum absolute atomic E-state index is 0.0808. The first-order valence-corrected chi connectivity index (χ1v) is 8.57. The van der Waals surface area contributed by atoms with Crippen molar-refractivity contribution in [1.29, 1.82) is 0 Å². The van der Waals surface area contributed by atoms with Gasteiger partial charge < -0.3 is 5.32 Å². The van der Waals surface area contributed by atoms with Crippen LogP contribution < -0.4 is 10.7 Å². The molecule has 0 aliphatic rings. The minimum Gasteiger partial charge on any atom is -0.341 e. The summed E-state index contributed by atoms with van der Waals surface area (Å²) < 4.78 is 0. The standard InChI is InChI=1S/C21H25N3O2/c1-15(17-8-6-5-7-9-17)23-19(25)20(26)24-22-14-16-10-12-18(13-11-16)21(2,3)4/h5-15H,1-4H3,(H,23,25)(H,24,26)/b22-14-/t15-/m1/s1. The van der Waals surface area contributed by atoms with Crippen LogP contribution >= 0.6 is 0 Å². The Balaban J connectivity index is 1.87. The lowest BCUT2D eigenvalue weighted by atomic mass is 9.87. The Hall–Kier alpha value is -2.95. The number of carbonyl (C=O) groups is 2. The van der Waals surface area contributed by atoms with E-state index in [4.69, 9.17) is 0 Å². The van der Waals surface area contributed by atoms with Gasteiger partial charge in [-0.25, -0.2) is 5.43 Å². The van der Waals surface area contributed by atoms with E-state index >= 15 is 0 Å². The molecule has 0 saturated carbocycles. The van der Waals surface area contributed by atoms with Crippen LogP contribution in [0.15, 0.2) is 59.7 Å². The average molecular weight is 351 g/mol. The van der Waals surface area contributed by atoms with Crippen molar-refractivity contribution in [1.82, 2.24) is 10.7 Å². The molecule has 2 rings (SSSR count). The summed E-state index contributed by atoms with van der Waals surface area (Å²) in [5.41, 5.74) is 5.32. The zero-order chi connectivity index (χ0) is 19.2. The highest BCUT2D eigenvalue weighted by Gasteiger charge is 2.16. The van der Waals surface area contributed by atoms with Gasteiger partial charge in [0.15, 0.2) is 0 Å². The lowest BCUT2D eigenvalue weighted by Gasteiger charge is -2.18. The summed E-state index contributed by atoms with van der Waals surface area (Å²) in [5, 5.41) is 6.49. The van der Waals surface area contributed by atoms with Crippen LogP contribution in [0.5, 0.6) is 0 Å². The van der Waals surface area contributed by atoms with E-state index < -0.39 is 11.8 Å². The highest BCUT2D eigenvalue weighted by atomic mass is 16.2. The number of amides is 2. The molecule has 0 bridgehead atoms. The van der Waals surface area contributed by atoms with Crippen LogP contribution in [0.1, 0.15) is 50.4 Å². The lowest BCUT2D eigenvalue weighted by Crippen LogP contribution is -2.39. The predicted molar refractivity (Wildman–Crippen MR) is 104 cm³/mol. The first kappa shape index (κ1) is 19.4. The van der Waals surface area contributed by atoms with Gasteiger partial charge in [0, 0.05) is 0 Å². The van der Waals surface area contributed by atoms with Gasteiger partial charge >= 0.3 is 11.8 Å². The molecule has 0 heterocycles. The fourth-order valence-corrected chi connectivity index (χ4v) is 2.37. The number of hydrogen-bond acceptors (Lipinski definition) is 3. The Morgan fingerprint density at radius 1 is 0.962 bits per heavy atom. The van der Waals surface area contributed by atoms with Gasteiger partial charge in [-0.15, -0.1) is 0 Å². The quantitative estimate of drug-likeness (QED) is 0.504. The Bertz CT molecular complexity index is 775.